The van der Waals surface area contributed by atoms with Gasteiger partial charge in [0, 0.05) is 30.7 Å². The first-order valence-electron chi connectivity index (χ1n) is 8.65. The summed E-state index contributed by atoms with van der Waals surface area (Å²) in [6, 6.07) is 15.7. The van der Waals surface area contributed by atoms with Crippen LogP contribution < -0.4 is 10.1 Å². The number of methoxy groups -OCH3 is 1. The first-order valence-corrected chi connectivity index (χ1v) is 9.44. The maximum Gasteiger partial charge on any atom is 0.252 e. The molecule has 0 aliphatic carbocycles. The lowest BCUT2D eigenvalue weighted by molar-refractivity contribution is -0.0292. The molecule has 1 saturated heterocycles. The first kappa shape index (κ1) is 18.9. The standard InChI is InChI=1S/C20H23BrN2O3/c1-25-16-7-8-19(21)18(11-16)20(24)22-12-17-14-23(9-10-26-17)13-15-5-3-2-4-6-15/h2-8,11,17H,9-10,12-14H2,1H3,(H,22,24). The van der Waals surface area contributed by atoms with Crippen molar-refractivity contribution in [3.63, 3.8) is 0 Å². The van der Waals surface area contributed by atoms with Crippen LogP contribution in [0.4, 0.5) is 0 Å². The van der Waals surface area contributed by atoms with Gasteiger partial charge in [-0.3, -0.25) is 9.69 Å². The number of halogens is 1. The molecule has 6 heteroatoms. The fourth-order valence-corrected chi connectivity index (χ4v) is 3.42. The van der Waals surface area contributed by atoms with Gasteiger partial charge in [-0.2, -0.15) is 0 Å². The van der Waals surface area contributed by atoms with Crippen LogP contribution in [0.1, 0.15) is 15.9 Å². The van der Waals surface area contributed by atoms with Crippen molar-refractivity contribution in [1.82, 2.24) is 10.2 Å². The van der Waals surface area contributed by atoms with Gasteiger partial charge in [-0.15, -0.1) is 0 Å². The van der Waals surface area contributed by atoms with E-state index in [1.54, 1.807) is 13.2 Å². The minimum atomic E-state index is -0.139. The van der Waals surface area contributed by atoms with Crippen LogP contribution in [0.15, 0.2) is 53.0 Å². The normalized spacial score (nSPS) is 17.7. The van der Waals surface area contributed by atoms with E-state index in [-0.39, 0.29) is 12.0 Å². The summed E-state index contributed by atoms with van der Waals surface area (Å²) >= 11 is 3.42. The Morgan fingerprint density at radius 2 is 2.12 bits per heavy atom. The zero-order valence-electron chi connectivity index (χ0n) is 14.8. The van der Waals surface area contributed by atoms with Gasteiger partial charge in [0.2, 0.25) is 0 Å². The average molecular weight is 419 g/mol. The van der Waals surface area contributed by atoms with Crippen molar-refractivity contribution in [2.24, 2.45) is 0 Å². The number of carbonyl (C=O) groups is 1. The molecule has 0 saturated carbocycles. The average Bonchev–Trinajstić information content (AvgIpc) is 2.67. The van der Waals surface area contributed by atoms with Crippen LogP contribution in [0.25, 0.3) is 0 Å². The zero-order valence-corrected chi connectivity index (χ0v) is 16.4. The maximum absolute atomic E-state index is 12.5. The third-order valence-corrected chi connectivity index (χ3v) is 5.07. The quantitative estimate of drug-likeness (QED) is 0.782. The third-order valence-electron chi connectivity index (χ3n) is 4.38. The van der Waals surface area contributed by atoms with E-state index in [1.165, 1.54) is 5.56 Å². The van der Waals surface area contributed by atoms with Crippen molar-refractivity contribution in [3.05, 3.63) is 64.1 Å². The van der Waals surface area contributed by atoms with Crippen molar-refractivity contribution in [2.45, 2.75) is 12.6 Å². The van der Waals surface area contributed by atoms with E-state index in [9.17, 15) is 4.79 Å². The number of nitrogens with one attached hydrogen (secondary N) is 1. The number of hydrogen-bond donors (Lipinski definition) is 1. The topological polar surface area (TPSA) is 50.8 Å². The number of morpholine rings is 1. The Balaban J connectivity index is 1.53. The highest BCUT2D eigenvalue weighted by atomic mass is 79.9. The van der Waals surface area contributed by atoms with Gasteiger partial charge < -0.3 is 14.8 Å². The van der Waals surface area contributed by atoms with Gasteiger partial charge in [-0.1, -0.05) is 30.3 Å². The summed E-state index contributed by atoms with van der Waals surface area (Å²) in [5, 5.41) is 2.97. The Labute approximate surface area is 162 Å². The third kappa shape index (κ3) is 5.06. The van der Waals surface area contributed by atoms with Crippen molar-refractivity contribution < 1.29 is 14.3 Å². The molecule has 0 aromatic heterocycles. The number of nitrogens with zero attached hydrogens (tertiary/aromatic N) is 1. The predicted molar refractivity (Wildman–Crippen MR) is 104 cm³/mol. The summed E-state index contributed by atoms with van der Waals surface area (Å²) in [6.07, 6.45) is -0.0132. The molecule has 5 nitrogen and oxygen atoms in total. The Hall–Kier alpha value is -1.89. The fraction of sp³-hybridized carbons (Fsp3) is 0.350. The predicted octanol–water partition coefficient (Wildman–Crippen LogP) is 3.09. The highest BCUT2D eigenvalue weighted by Gasteiger charge is 2.21. The van der Waals surface area contributed by atoms with E-state index in [0.717, 1.165) is 24.1 Å². The smallest absolute Gasteiger partial charge is 0.252 e. The van der Waals surface area contributed by atoms with Crippen molar-refractivity contribution >= 4 is 21.8 Å². The van der Waals surface area contributed by atoms with Gasteiger partial charge in [-0.25, -0.2) is 0 Å². The minimum absolute atomic E-state index is 0.0132. The van der Waals surface area contributed by atoms with Crippen molar-refractivity contribution in [1.29, 1.82) is 0 Å². The summed E-state index contributed by atoms with van der Waals surface area (Å²) in [7, 11) is 1.59. The number of amides is 1. The van der Waals surface area contributed by atoms with Gasteiger partial charge >= 0.3 is 0 Å². The molecule has 1 amide bonds. The van der Waals surface area contributed by atoms with Gasteiger partial charge in [-0.05, 0) is 39.7 Å². The van der Waals surface area contributed by atoms with Gasteiger partial charge in [0.05, 0.1) is 25.4 Å². The van der Waals surface area contributed by atoms with Crippen LogP contribution in [-0.4, -0.2) is 50.3 Å². The summed E-state index contributed by atoms with van der Waals surface area (Å²) in [5.41, 5.74) is 1.85. The summed E-state index contributed by atoms with van der Waals surface area (Å²) < 4.78 is 11.7. The molecule has 2 aromatic carbocycles. The zero-order chi connectivity index (χ0) is 18.4. The Morgan fingerprint density at radius 3 is 2.88 bits per heavy atom. The molecule has 1 aliphatic rings. The SMILES string of the molecule is COc1ccc(Br)c(C(=O)NCC2CN(Cc3ccccc3)CCO2)c1. The van der Waals surface area contributed by atoms with Crippen molar-refractivity contribution in [2.75, 3.05) is 33.4 Å². The highest BCUT2D eigenvalue weighted by Crippen LogP contribution is 2.22. The van der Waals surface area contributed by atoms with Crippen LogP contribution in [0.2, 0.25) is 0 Å². The van der Waals surface area contributed by atoms with E-state index in [2.05, 4.69) is 50.4 Å². The number of carbonyl (C=O) groups excluding carboxylic acids is 1. The Bertz CT molecular complexity index is 739. The molecule has 1 fully saturated rings. The number of ether oxygens (including phenoxy) is 2. The summed E-state index contributed by atoms with van der Waals surface area (Å²) in [5.74, 6) is 0.515. The molecule has 1 aliphatic heterocycles. The fourth-order valence-electron chi connectivity index (χ4n) is 3.00. The van der Waals surface area contributed by atoms with Crippen LogP contribution in [-0.2, 0) is 11.3 Å². The van der Waals surface area contributed by atoms with Crippen molar-refractivity contribution in [3.8, 4) is 5.75 Å². The molecule has 1 atom stereocenters. The number of benzene rings is 2. The van der Waals surface area contributed by atoms with Crippen LogP contribution in [0, 0.1) is 0 Å². The van der Waals surface area contributed by atoms with E-state index in [4.69, 9.17) is 9.47 Å². The lowest BCUT2D eigenvalue weighted by Gasteiger charge is -2.33. The second-order valence-corrected chi connectivity index (χ2v) is 7.12. The molecule has 1 unspecified atom stereocenters. The molecule has 2 aromatic rings. The largest absolute Gasteiger partial charge is 0.497 e. The molecule has 0 spiro atoms. The highest BCUT2D eigenvalue weighted by molar-refractivity contribution is 9.10. The second-order valence-electron chi connectivity index (χ2n) is 6.27. The van der Waals surface area contributed by atoms with E-state index in [1.807, 2.05) is 18.2 Å². The molecule has 138 valence electrons. The molecule has 26 heavy (non-hydrogen) atoms. The second kappa shape index (κ2) is 9.16. The molecular formula is C20H23BrN2O3. The van der Waals surface area contributed by atoms with E-state index < -0.39 is 0 Å². The lowest BCUT2D eigenvalue weighted by atomic mass is 10.1. The first-order chi connectivity index (χ1) is 12.7. The van der Waals surface area contributed by atoms with Crippen LogP contribution >= 0.6 is 15.9 Å². The lowest BCUT2D eigenvalue weighted by Crippen LogP contribution is -2.47. The molecule has 3 rings (SSSR count). The Kier molecular flexibility index (Phi) is 6.66. The molecular weight excluding hydrogens is 396 g/mol. The molecule has 1 heterocycles. The van der Waals surface area contributed by atoms with Gasteiger partial charge in [0.1, 0.15) is 5.75 Å². The summed E-state index contributed by atoms with van der Waals surface area (Å²) in [4.78, 5) is 14.8. The molecule has 1 N–H and O–H groups in total. The minimum Gasteiger partial charge on any atom is -0.497 e. The Morgan fingerprint density at radius 1 is 1.31 bits per heavy atom. The van der Waals surface area contributed by atoms with Crippen LogP contribution in [0.5, 0.6) is 5.75 Å². The van der Waals surface area contributed by atoms with E-state index in [0.29, 0.717) is 24.5 Å². The van der Waals surface area contributed by atoms with E-state index >= 15 is 0 Å². The molecule has 0 bridgehead atoms. The maximum atomic E-state index is 12.5. The van der Waals surface area contributed by atoms with Gasteiger partial charge in [0.25, 0.3) is 5.91 Å². The van der Waals surface area contributed by atoms with Gasteiger partial charge in [0.15, 0.2) is 0 Å². The van der Waals surface area contributed by atoms with Crippen LogP contribution in [0.3, 0.4) is 0 Å². The number of rotatable bonds is 6. The monoisotopic (exact) mass is 418 g/mol. The molecule has 0 radical (unpaired) electrons. The number of hydrogen-bond acceptors (Lipinski definition) is 4. The summed E-state index contributed by atoms with van der Waals surface area (Å²) in [6.45, 7) is 3.76.